The molecule has 1 atom stereocenters. The van der Waals surface area contributed by atoms with Crippen LogP contribution in [0.4, 0.5) is 5.69 Å². The van der Waals surface area contributed by atoms with Gasteiger partial charge in [-0.2, -0.15) is 4.21 Å². The standard InChI is InChI=1S/C35H56N2O4S/c1-10-12-14-16-18-37(19-17-15-13-11-2)35(39)32-23-29(20-27(9)33(32)38)36-42(40)41-34-30(25(5)6)21-28(24(3)4)22-31(34)26(7)8/h20-26,36,38H,10-19H2,1-9H3. The lowest BCUT2D eigenvalue weighted by molar-refractivity contribution is 0.0746. The van der Waals surface area contributed by atoms with E-state index in [1.807, 2.05) is 4.90 Å². The van der Waals surface area contributed by atoms with Gasteiger partial charge in [-0.15, -0.1) is 0 Å². The molecule has 236 valence electrons. The molecule has 2 N–H and O–H groups in total. The molecular weight excluding hydrogens is 544 g/mol. The van der Waals surface area contributed by atoms with Crippen molar-refractivity contribution in [3.05, 3.63) is 52.1 Å². The van der Waals surface area contributed by atoms with E-state index in [2.05, 4.69) is 72.2 Å². The number of anilines is 1. The van der Waals surface area contributed by atoms with Crippen LogP contribution in [0.25, 0.3) is 0 Å². The van der Waals surface area contributed by atoms with Gasteiger partial charge in [-0.3, -0.25) is 9.52 Å². The largest absolute Gasteiger partial charge is 0.507 e. The van der Waals surface area contributed by atoms with Crippen molar-refractivity contribution in [3.63, 3.8) is 0 Å². The molecule has 1 amide bonds. The average Bonchev–Trinajstić information content (AvgIpc) is 2.93. The summed E-state index contributed by atoms with van der Waals surface area (Å²) < 4.78 is 22.4. The van der Waals surface area contributed by atoms with Crippen molar-refractivity contribution in [3.8, 4) is 11.5 Å². The van der Waals surface area contributed by atoms with Crippen LogP contribution in [-0.4, -0.2) is 33.2 Å². The third kappa shape index (κ3) is 10.3. The van der Waals surface area contributed by atoms with Crippen LogP contribution >= 0.6 is 0 Å². The van der Waals surface area contributed by atoms with Gasteiger partial charge >= 0.3 is 11.3 Å². The molecule has 0 fully saturated rings. The highest BCUT2D eigenvalue weighted by atomic mass is 32.2. The van der Waals surface area contributed by atoms with Gasteiger partial charge < -0.3 is 14.2 Å². The number of nitrogens with zero attached hydrogens (tertiary/aromatic N) is 1. The molecule has 7 heteroatoms. The minimum Gasteiger partial charge on any atom is -0.507 e. The van der Waals surface area contributed by atoms with Crippen LogP contribution in [-0.2, 0) is 11.3 Å². The van der Waals surface area contributed by atoms with E-state index in [1.165, 1.54) is 5.56 Å². The summed E-state index contributed by atoms with van der Waals surface area (Å²) in [5.41, 5.74) is 4.54. The van der Waals surface area contributed by atoms with Crippen molar-refractivity contribution < 1.29 is 18.3 Å². The number of rotatable bonds is 18. The first-order valence-electron chi connectivity index (χ1n) is 16.1. The smallest absolute Gasteiger partial charge is 0.316 e. The van der Waals surface area contributed by atoms with E-state index in [4.69, 9.17) is 4.18 Å². The SMILES string of the molecule is CCCCCCN(CCCCCC)C(=O)c1cc(NS(=O)Oc2c(C(C)C)cc(C(C)C)cc2C(C)C)cc(C)c1O. The number of unbranched alkanes of at least 4 members (excludes halogenated alkanes) is 6. The fourth-order valence-corrected chi connectivity index (χ4v) is 5.82. The molecule has 1 unspecified atom stereocenters. The maximum Gasteiger partial charge on any atom is 0.316 e. The molecule has 0 bridgehead atoms. The zero-order chi connectivity index (χ0) is 31.4. The fraction of sp³-hybridized carbons (Fsp3) is 0.629. The fourth-order valence-electron chi connectivity index (χ4n) is 5.12. The van der Waals surface area contributed by atoms with Crippen molar-refractivity contribution >= 4 is 22.9 Å². The summed E-state index contributed by atoms with van der Waals surface area (Å²) in [6.07, 6.45) is 8.59. The van der Waals surface area contributed by atoms with Crippen molar-refractivity contribution in [2.75, 3.05) is 17.8 Å². The Kier molecular flexibility index (Phi) is 14.9. The summed E-state index contributed by atoms with van der Waals surface area (Å²) in [6.45, 7) is 20.2. The first-order valence-corrected chi connectivity index (χ1v) is 17.2. The lowest BCUT2D eigenvalue weighted by atomic mass is 9.88. The van der Waals surface area contributed by atoms with E-state index in [0.717, 1.165) is 62.5 Å². The monoisotopic (exact) mass is 600 g/mol. The number of aryl methyl sites for hydroxylation is 1. The van der Waals surface area contributed by atoms with E-state index < -0.39 is 11.3 Å². The van der Waals surface area contributed by atoms with Crippen LogP contribution in [0.5, 0.6) is 11.5 Å². The van der Waals surface area contributed by atoms with E-state index in [1.54, 1.807) is 19.1 Å². The summed E-state index contributed by atoms with van der Waals surface area (Å²) in [6, 6.07) is 7.62. The Morgan fingerprint density at radius 3 is 1.81 bits per heavy atom. The second kappa shape index (κ2) is 17.5. The molecule has 0 saturated carbocycles. The van der Waals surface area contributed by atoms with Crippen LogP contribution < -0.4 is 8.91 Å². The van der Waals surface area contributed by atoms with Crippen molar-refractivity contribution in [1.29, 1.82) is 0 Å². The number of amides is 1. The first-order chi connectivity index (χ1) is 19.9. The molecule has 0 aliphatic carbocycles. The number of carbonyl (C=O) groups is 1. The predicted molar refractivity (Wildman–Crippen MR) is 178 cm³/mol. The van der Waals surface area contributed by atoms with Gasteiger partial charge in [0.1, 0.15) is 11.5 Å². The Morgan fingerprint density at radius 1 is 0.833 bits per heavy atom. The molecule has 0 aromatic heterocycles. The summed E-state index contributed by atoms with van der Waals surface area (Å²) in [5, 5.41) is 10.9. The van der Waals surface area contributed by atoms with Gasteiger partial charge in [0.05, 0.1) is 11.3 Å². The Morgan fingerprint density at radius 2 is 1.36 bits per heavy atom. The molecule has 0 aliphatic rings. The van der Waals surface area contributed by atoms with Crippen LogP contribution in [0.15, 0.2) is 24.3 Å². The summed E-state index contributed by atoms with van der Waals surface area (Å²) in [7, 11) is 0. The number of hydrogen-bond acceptors (Lipinski definition) is 4. The zero-order valence-electron chi connectivity index (χ0n) is 27.6. The number of benzene rings is 2. The van der Waals surface area contributed by atoms with Crippen molar-refractivity contribution in [2.45, 2.75) is 131 Å². The second-order valence-electron chi connectivity index (χ2n) is 12.5. The highest BCUT2D eigenvalue weighted by Crippen LogP contribution is 2.38. The average molecular weight is 601 g/mol. The van der Waals surface area contributed by atoms with E-state index in [-0.39, 0.29) is 29.1 Å². The lowest BCUT2D eigenvalue weighted by Gasteiger charge is -2.24. The summed E-state index contributed by atoms with van der Waals surface area (Å²) in [5.74, 6) is 1.17. The maximum atomic E-state index is 13.7. The Labute approximate surface area is 258 Å². The van der Waals surface area contributed by atoms with Gasteiger partial charge in [0.25, 0.3) is 5.91 Å². The zero-order valence-corrected chi connectivity index (χ0v) is 28.5. The second-order valence-corrected chi connectivity index (χ2v) is 13.4. The Bertz CT molecular complexity index is 1130. The van der Waals surface area contributed by atoms with Crippen molar-refractivity contribution in [1.82, 2.24) is 4.90 Å². The number of phenols is 1. The Hall–Kier alpha value is -2.54. The van der Waals surface area contributed by atoms with Gasteiger partial charge in [-0.05, 0) is 71.9 Å². The van der Waals surface area contributed by atoms with E-state index >= 15 is 0 Å². The van der Waals surface area contributed by atoms with Gasteiger partial charge in [-0.25, -0.2) is 0 Å². The van der Waals surface area contributed by atoms with Crippen LogP contribution in [0.3, 0.4) is 0 Å². The molecule has 0 spiro atoms. The van der Waals surface area contributed by atoms with E-state index in [9.17, 15) is 14.1 Å². The molecule has 2 rings (SSSR count). The normalized spacial score (nSPS) is 12.3. The number of hydrogen-bond donors (Lipinski definition) is 2. The highest BCUT2D eigenvalue weighted by molar-refractivity contribution is 7.82. The molecule has 0 saturated heterocycles. The highest BCUT2D eigenvalue weighted by Gasteiger charge is 2.23. The molecule has 0 radical (unpaired) electrons. The number of nitrogens with one attached hydrogen (secondary N) is 1. The molecule has 2 aromatic rings. The van der Waals surface area contributed by atoms with Gasteiger partial charge in [0, 0.05) is 13.1 Å². The lowest BCUT2D eigenvalue weighted by Crippen LogP contribution is -2.33. The molecule has 6 nitrogen and oxygen atoms in total. The van der Waals surface area contributed by atoms with Crippen LogP contribution in [0.1, 0.15) is 157 Å². The van der Waals surface area contributed by atoms with Crippen molar-refractivity contribution in [2.24, 2.45) is 0 Å². The minimum atomic E-state index is -1.91. The molecule has 2 aromatic carbocycles. The van der Waals surface area contributed by atoms with Crippen LogP contribution in [0.2, 0.25) is 0 Å². The minimum absolute atomic E-state index is 0.0298. The molecule has 42 heavy (non-hydrogen) atoms. The molecule has 0 aliphatic heterocycles. The Balaban J connectivity index is 2.34. The van der Waals surface area contributed by atoms with Crippen LogP contribution in [0, 0.1) is 6.92 Å². The molecular formula is C35H56N2O4S. The summed E-state index contributed by atoms with van der Waals surface area (Å²) in [4.78, 5) is 15.6. The number of phenolic OH excluding ortho intramolecular Hbond substituents is 1. The number of carbonyl (C=O) groups excluding carboxylic acids is 1. The maximum absolute atomic E-state index is 13.7. The molecule has 0 heterocycles. The van der Waals surface area contributed by atoms with E-state index in [0.29, 0.717) is 36.0 Å². The van der Waals surface area contributed by atoms with Gasteiger partial charge in [0.15, 0.2) is 0 Å². The third-order valence-electron chi connectivity index (χ3n) is 7.82. The topological polar surface area (TPSA) is 78.9 Å². The third-order valence-corrected chi connectivity index (χ3v) is 8.54. The summed E-state index contributed by atoms with van der Waals surface area (Å²) >= 11 is -1.91. The quantitative estimate of drug-likeness (QED) is 0.132. The van der Waals surface area contributed by atoms with Gasteiger partial charge in [0.2, 0.25) is 0 Å². The van der Waals surface area contributed by atoms with Gasteiger partial charge in [-0.1, -0.05) is 106 Å². The number of aromatic hydroxyl groups is 1. The first kappa shape index (κ1) is 35.7. The predicted octanol–water partition coefficient (Wildman–Crippen LogP) is 9.74.